The van der Waals surface area contributed by atoms with Crippen LogP contribution in [0.4, 0.5) is 0 Å². The first-order chi connectivity index (χ1) is 24.8. The van der Waals surface area contributed by atoms with E-state index in [4.69, 9.17) is 0 Å². The van der Waals surface area contributed by atoms with Crippen LogP contribution in [0.3, 0.4) is 0 Å². The molecule has 0 nitrogen and oxygen atoms in total. The summed E-state index contributed by atoms with van der Waals surface area (Å²) < 4.78 is 0. The van der Waals surface area contributed by atoms with Crippen molar-refractivity contribution < 1.29 is 0 Å². The van der Waals surface area contributed by atoms with Gasteiger partial charge >= 0.3 is 0 Å². The Labute approximate surface area is 293 Å². The van der Waals surface area contributed by atoms with E-state index in [-0.39, 0.29) is 0 Å². The minimum absolute atomic E-state index is 1.21. The largest absolute Gasteiger partial charge is 0.0622 e. The SMILES string of the molecule is c1ccc(-c2ccc(-c3ccc(-c4c5ccccc5c(-c5cccc(-c6cccc(-c7ccccc7)c6)c5)c5ccccc45)cc3)cc2)cc1. The molecule has 0 heteroatoms. The van der Waals surface area contributed by atoms with E-state index >= 15 is 0 Å². The molecule has 0 amide bonds. The van der Waals surface area contributed by atoms with Crippen LogP contribution in [0.1, 0.15) is 0 Å². The summed E-state index contributed by atoms with van der Waals surface area (Å²) in [6.07, 6.45) is 0. The minimum atomic E-state index is 1.21. The normalized spacial score (nSPS) is 11.2. The fourth-order valence-corrected chi connectivity index (χ4v) is 7.43. The highest BCUT2D eigenvalue weighted by Gasteiger charge is 2.17. The number of hydrogen-bond acceptors (Lipinski definition) is 0. The summed E-state index contributed by atoms with van der Waals surface area (Å²) in [7, 11) is 0. The smallest absolute Gasteiger partial charge is 0.00262 e. The lowest BCUT2D eigenvalue weighted by molar-refractivity contribution is 1.58. The van der Waals surface area contributed by atoms with Crippen LogP contribution in [0.15, 0.2) is 206 Å². The number of hydrogen-bond donors (Lipinski definition) is 0. The van der Waals surface area contributed by atoms with Gasteiger partial charge in [-0.05, 0) is 100 Å². The van der Waals surface area contributed by atoms with Crippen molar-refractivity contribution in [1.29, 1.82) is 0 Å². The number of benzene rings is 9. The van der Waals surface area contributed by atoms with E-state index in [2.05, 4.69) is 206 Å². The Balaban J connectivity index is 1.13. The van der Waals surface area contributed by atoms with E-state index in [1.807, 2.05) is 0 Å². The van der Waals surface area contributed by atoms with Gasteiger partial charge in [0.2, 0.25) is 0 Å². The molecule has 0 bridgehead atoms. The molecule has 9 rings (SSSR count). The van der Waals surface area contributed by atoms with Gasteiger partial charge in [0.05, 0.1) is 0 Å². The average molecular weight is 635 g/mol. The molecule has 0 aliphatic rings. The molecule has 0 heterocycles. The van der Waals surface area contributed by atoms with Gasteiger partial charge in [-0.15, -0.1) is 0 Å². The maximum atomic E-state index is 2.36. The molecule has 0 saturated heterocycles. The minimum Gasteiger partial charge on any atom is -0.0622 e. The summed E-state index contributed by atoms with van der Waals surface area (Å²) in [6.45, 7) is 0. The zero-order chi connectivity index (χ0) is 33.3. The van der Waals surface area contributed by atoms with E-state index < -0.39 is 0 Å². The third-order valence-corrected chi connectivity index (χ3v) is 9.88. The molecule has 0 aliphatic carbocycles. The summed E-state index contributed by atoms with van der Waals surface area (Å²) >= 11 is 0. The highest BCUT2D eigenvalue weighted by Crippen LogP contribution is 2.44. The molecule has 0 saturated carbocycles. The van der Waals surface area contributed by atoms with Crippen molar-refractivity contribution in [3.63, 3.8) is 0 Å². The standard InChI is InChI=1S/C50H34/c1-3-13-35(14-4-1)37-25-27-38(28-26-37)39-29-31-40(32-30-39)49-45-21-7-9-23-47(45)50(48-24-10-8-22-46(48)49)44-20-12-19-43(34-44)42-18-11-17-41(33-42)36-15-5-2-6-16-36/h1-34H. The topological polar surface area (TPSA) is 0 Å². The molecule has 50 heavy (non-hydrogen) atoms. The van der Waals surface area contributed by atoms with Gasteiger partial charge in [-0.3, -0.25) is 0 Å². The molecule has 234 valence electrons. The summed E-state index contributed by atoms with van der Waals surface area (Å²) in [5.41, 5.74) is 14.8. The first-order valence-corrected chi connectivity index (χ1v) is 17.3. The quantitative estimate of drug-likeness (QED) is 0.160. The van der Waals surface area contributed by atoms with Crippen LogP contribution in [-0.2, 0) is 0 Å². The van der Waals surface area contributed by atoms with E-state index in [0.717, 1.165) is 0 Å². The molecule has 0 N–H and O–H groups in total. The van der Waals surface area contributed by atoms with Gasteiger partial charge in [0.1, 0.15) is 0 Å². The third-order valence-electron chi connectivity index (χ3n) is 9.88. The molecule has 0 spiro atoms. The summed E-state index contributed by atoms with van der Waals surface area (Å²) in [6, 6.07) is 74.8. The lowest BCUT2D eigenvalue weighted by atomic mass is 9.85. The van der Waals surface area contributed by atoms with Crippen molar-refractivity contribution in [3.8, 4) is 66.8 Å². The molecule has 9 aromatic carbocycles. The van der Waals surface area contributed by atoms with Crippen LogP contribution < -0.4 is 0 Å². The number of rotatable bonds is 6. The van der Waals surface area contributed by atoms with Crippen LogP contribution in [-0.4, -0.2) is 0 Å². The molecule has 0 aliphatic heterocycles. The lowest BCUT2D eigenvalue weighted by Crippen LogP contribution is -1.91. The molecular formula is C50H34. The first-order valence-electron chi connectivity index (χ1n) is 17.3. The maximum absolute atomic E-state index is 2.36. The van der Waals surface area contributed by atoms with Gasteiger partial charge in [-0.1, -0.05) is 194 Å². The zero-order valence-electron chi connectivity index (χ0n) is 27.6. The predicted octanol–water partition coefficient (Wildman–Crippen LogP) is 14.0. The Bertz CT molecular complexity index is 2540. The Hall–Kier alpha value is -6.50. The molecule has 0 fully saturated rings. The summed E-state index contributed by atoms with van der Waals surface area (Å²) in [5, 5.41) is 5.05. The Morgan fingerprint density at radius 2 is 0.420 bits per heavy atom. The highest BCUT2D eigenvalue weighted by molar-refractivity contribution is 6.21. The fourth-order valence-electron chi connectivity index (χ4n) is 7.43. The van der Waals surface area contributed by atoms with Crippen molar-refractivity contribution in [1.82, 2.24) is 0 Å². The van der Waals surface area contributed by atoms with Crippen LogP contribution in [0.2, 0.25) is 0 Å². The van der Waals surface area contributed by atoms with Crippen molar-refractivity contribution in [3.05, 3.63) is 206 Å². The van der Waals surface area contributed by atoms with Gasteiger partial charge in [0, 0.05) is 0 Å². The third kappa shape index (κ3) is 5.48. The van der Waals surface area contributed by atoms with E-state index in [9.17, 15) is 0 Å². The summed E-state index contributed by atoms with van der Waals surface area (Å²) in [5.74, 6) is 0. The van der Waals surface area contributed by atoms with Gasteiger partial charge in [-0.25, -0.2) is 0 Å². The van der Waals surface area contributed by atoms with Gasteiger partial charge < -0.3 is 0 Å². The van der Waals surface area contributed by atoms with Crippen molar-refractivity contribution in [2.45, 2.75) is 0 Å². The molecule has 0 unspecified atom stereocenters. The second kappa shape index (κ2) is 12.8. The van der Waals surface area contributed by atoms with Crippen molar-refractivity contribution in [2.75, 3.05) is 0 Å². The van der Waals surface area contributed by atoms with Crippen LogP contribution in [0.5, 0.6) is 0 Å². The Kier molecular flexibility index (Phi) is 7.61. The van der Waals surface area contributed by atoms with E-state index in [1.165, 1.54) is 88.3 Å². The van der Waals surface area contributed by atoms with E-state index in [0.29, 0.717) is 0 Å². The van der Waals surface area contributed by atoms with Crippen LogP contribution in [0.25, 0.3) is 88.3 Å². The maximum Gasteiger partial charge on any atom is -0.00262 e. The second-order valence-corrected chi connectivity index (χ2v) is 12.9. The molecule has 0 aromatic heterocycles. The van der Waals surface area contributed by atoms with Gasteiger partial charge in [0.15, 0.2) is 0 Å². The lowest BCUT2D eigenvalue weighted by Gasteiger charge is -2.18. The zero-order valence-corrected chi connectivity index (χ0v) is 27.6. The molecule has 0 radical (unpaired) electrons. The molecular weight excluding hydrogens is 601 g/mol. The average Bonchev–Trinajstić information content (AvgIpc) is 3.21. The van der Waals surface area contributed by atoms with Crippen molar-refractivity contribution >= 4 is 21.5 Å². The molecule has 9 aromatic rings. The van der Waals surface area contributed by atoms with Crippen LogP contribution in [0, 0.1) is 0 Å². The highest BCUT2D eigenvalue weighted by atomic mass is 14.2. The van der Waals surface area contributed by atoms with Crippen LogP contribution >= 0.6 is 0 Å². The first kappa shape index (κ1) is 29.6. The second-order valence-electron chi connectivity index (χ2n) is 12.9. The predicted molar refractivity (Wildman–Crippen MR) is 214 cm³/mol. The summed E-state index contributed by atoms with van der Waals surface area (Å²) in [4.78, 5) is 0. The van der Waals surface area contributed by atoms with Gasteiger partial charge in [-0.2, -0.15) is 0 Å². The van der Waals surface area contributed by atoms with Crippen molar-refractivity contribution in [2.24, 2.45) is 0 Å². The number of fused-ring (bicyclic) bond motifs is 2. The Morgan fingerprint density at radius 3 is 0.860 bits per heavy atom. The monoisotopic (exact) mass is 634 g/mol. The fraction of sp³-hybridized carbons (Fsp3) is 0. The molecule has 0 atom stereocenters. The Morgan fingerprint density at radius 1 is 0.160 bits per heavy atom. The van der Waals surface area contributed by atoms with E-state index in [1.54, 1.807) is 0 Å². The van der Waals surface area contributed by atoms with Gasteiger partial charge in [0.25, 0.3) is 0 Å².